The summed E-state index contributed by atoms with van der Waals surface area (Å²) in [6, 6.07) is 15.7. The average molecular weight is 398 g/mol. The molecule has 1 heterocycles. The summed E-state index contributed by atoms with van der Waals surface area (Å²) in [6.07, 6.45) is -1.05. The van der Waals surface area contributed by atoms with Crippen molar-refractivity contribution in [3.05, 3.63) is 70.2 Å². The van der Waals surface area contributed by atoms with Crippen molar-refractivity contribution in [2.75, 3.05) is 20.1 Å². The first-order valence-corrected chi connectivity index (χ1v) is 9.15. The lowest BCUT2D eigenvalue weighted by atomic mass is 9.82. The van der Waals surface area contributed by atoms with Gasteiger partial charge in [0.25, 0.3) is 5.91 Å². The molecular formula is C21H20ClN3O3. The number of benzene rings is 2. The van der Waals surface area contributed by atoms with Gasteiger partial charge in [-0.1, -0.05) is 23.7 Å². The summed E-state index contributed by atoms with van der Waals surface area (Å²) >= 11 is 5.99. The monoisotopic (exact) mass is 397 g/mol. The third-order valence-corrected chi connectivity index (χ3v) is 5.79. The van der Waals surface area contributed by atoms with Gasteiger partial charge in [0.1, 0.15) is 0 Å². The molecule has 28 heavy (non-hydrogen) atoms. The van der Waals surface area contributed by atoms with E-state index in [1.807, 2.05) is 25.1 Å². The summed E-state index contributed by atoms with van der Waals surface area (Å²) in [5.74, 6) is -0.390. The van der Waals surface area contributed by atoms with Crippen molar-refractivity contribution in [3.8, 4) is 6.07 Å². The highest BCUT2D eigenvalue weighted by molar-refractivity contribution is 6.30. The molecule has 0 unspecified atom stereocenters. The standard InChI is InChI=1S/C21H20ClN3O3/c1-21(24(2)20(27)28)13-25(12-18(21)15-7-9-17(22)10-8-15)19(26)16-5-3-14(11-23)4-6-16/h3-10,18H,12-13H2,1-2H3,(H,27,28)/t18-,21+/m1/s1. The Morgan fingerprint density at radius 2 is 1.82 bits per heavy atom. The maximum atomic E-state index is 13.0. The summed E-state index contributed by atoms with van der Waals surface area (Å²) in [4.78, 5) is 27.7. The van der Waals surface area contributed by atoms with Crippen LogP contribution in [0, 0.1) is 11.3 Å². The molecule has 1 aliphatic heterocycles. The third-order valence-electron chi connectivity index (χ3n) is 5.54. The van der Waals surface area contributed by atoms with Crippen molar-refractivity contribution in [2.45, 2.75) is 18.4 Å². The van der Waals surface area contributed by atoms with Crippen LogP contribution in [0.3, 0.4) is 0 Å². The number of likely N-dealkylation sites (N-methyl/N-ethyl adjacent to an activating group) is 1. The molecule has 1 aliphatic rings. The molecular weight excluding hydrogens is 378 g/mol. The number of carbonyl (C=O) groups is 2. The molecule has 1 saturated heterocycles. The van der Waals surface area contributed by atoms with Gasteiger partial charge in [-0.25, -0.2) is 4.79 Å². The summed E-state index contributed by atoms with van der Waals surface area (Å²) in [6.45, 7) is 2.50. The second-order valence-corrected chi connectivity index (χ2v) is 7.61. The van der Waals surface area contributed by atoms with Gasteiger partial charge in [0.2, 0.25) is 0 Å². The van der Waals surface area contributed by atoms with Gasteiger partial charge in [0, 0.05) is 36.6 Å². The predicted octanol–water partition coefficient (Wildman–Crippen LogP) is 3.82. The van der Waals surface area contributed by atoms with Crippen molar-refractivity contribution >= 4 is 23.6 Å². The van der Waals surface area contributed by atoms with Gasteiger partial charge in [0.15, 0.2) is 0 Å². The Labute approximate surface area is 168 Å². The molecule has 0 aromatic heterocycles. The molecule has 2 aromatic rings. The van der Waals surface area contributed by atoms with E-state index in [1.54, 1.807) is 41.3 Å². The molecule has 6 nitrogen and oxygen atoms in total. The van der Waals surface area contributed by atoms with Crippen LogP contribution in [0.1, 0.15) is 34.3 Å². The summed E-state index contributed by atoms with van der Waals surface area (Å²) < 4.78 is 0. The molecule has 2 aromatic carbocycles. The van der Waals surface area contributed by atoms with E-state index in [0.717, 1.165) is 5.56 Å². The maximum Gasteiger partial charge on any atom is 0.407 e. The van der Waals surface area contributed by atoms with Gasteiger partial charge in [-0.3, -0.25) is 4.79 Å². The molecule has 1 N–H and O–H groups in total. The van der Waals surface area contributed by atoms with Crippen LogP contribution in [0.2, 0.25) is 5.02 Å². The molecule has 0 aliphatic carbocycles. The highest BCUT2D eigenvalue weighted by Gasteiger charge is 2.49. The first-order chi connectivity index (χ1) is 13.3. The topological polar surface area (TPSA) is 84.6 Å². The number of rotatable bonds is 3. The molecule has 1 fully saturated rings. The number of carboxylic acid groups (broad SMARTS) is 1. The number of likely N-dealkylation sites (tertiary alicyclic amines) is 1. The number of nitrogens with zero attached hydrogens (tertiary/aromatic N) is 3. The van der Waals surface area contributed by atoms with Gasteiger partial charge in [-0.05, 0) is 48.9 Å². The van der Waals surface area contributed by atoms with Crippen LogP contribution in [-0.4, -0.2) is 52.6 Å². The fourth-order valence-corrected chi connectivity index (χ4v) is 3.85. The summed E-state index contributed by atoms with van der Waals surface area (Å²) in [5, 5.41) is 19.1. The van der Waals surface area contributed by atoms with E-state index < -0.39 is 11.6 Å². The molecule has 3 rings (SSSR count). The van der Waals surface area contributed by atoms with Crippen LogP contribution in [-0.2, 0) is 0 Å². The first kappa shape index (κ1) is 19.7. The van der Waals surface area contributed by atoms with Gasteiger partial charge in [0.05, 0.1) is 17.2 Å². The number of amides is 2. The van der Waals surface area contributed by atoms with Crippen LogP contribution in [0.4, 0.5) is 4.79 Å². The van der Waals surface area contributed by atoms with Gasteiger partial charge >= 0.3 is 6.09 Å². The minimum atomic E-state index is -1.05. The quantitative estimate of drug-likeness (QED) is 0.853. The van der Waals surface area contributed by atoms with E-state index in [9.17, 15) is 14.7 Å². The van der Waals surface area contributed by atoms with Crippen LogP contribution >= 0.6 is 11.6 Å². The van der Waals surface area contributed by atoms with E-state index in [0.29, 0.717) is 22.7 Å². The fraction of sp³-hybridized carbons (Fsp3) is 0.286. The molecule has 2 atom stereocenters. The van der Waals surface area contributed by atoms with Crippen molar-refractivity contribution in [1.82, 2.24) is 9.80 Å². The molecule has 144 valence electrons. The van der Waals surface area contributed by atoms with E-state index in [4.69, 9.17) is 16.9 Å². The third kappa shape index (κ3) is 3.54. The molecule has 0 bridgehead atoms. The van der Waals surface area contributed by atoms with E-state index in [2.05, 4.69) is 0 Å². The second kappa shape index (κ2) is 7.53. The van der Waals surface area contributed by atoms with Gasteiger partial charge in [-0.2, -0.15) is 5.26 Å². The molecule has 0 saturated carbocycles. The highest BCUT2D eigenvalue weighted by atomic mass is 35.5. The maximum absolute atomic E-state index is 13.0. The number of carbonyl (C=O) groups excluding carboxylic acids is 1. The smallest absolute Gasteiger partial charge is 0.407 e. The SMILES string of the molecule is CN(C(=O)O)[C@@]1(C)CN(C(=O)c2ccc(C#N)cc2)C[C@@H]1c1ccc(Cl)cc1. The lowest BCUT2D eigenvalue weighted by molar-refractivity contribution is 0.0728. The lowest BCUT2D eigenvalue weighted by Crippen LogP contribution is -2.52. The Hall–Kier alpha value is -3.04. The van der Waals surface area contributed by atoms with Crippen molar-refractivity contribution in [1.29, 1.82) is 5.26 Å². The molecule has 0 radical (unpaired) electrons. The van der Waals surface area contributed by atoms with Gasteiger partial charge in [-0.15, -0.1) is 0 Å². The Kier molecular flexibility index (Phi) is 5.30. The minimum Gasteiger partial charge on any atom is -0.465 e. The van der Waals surface area contributed by atoms with Crippen LogP contribution in [0.25, 0.3) is 0 Å². The Morgan fingerprint density at radius 1 is 1.21 bits per heavy atom. The fourth-order valence-electron chi connectivity index (χ4n) is 3.72. The zero-order valence-electron chi connectivity index (χ0n) is 15.6. The first-order valence-electron chi connectivity index (χ1n) is 8.78. The van der Waals surface area contributed by atoms with E-state index in [1.165, 1.54) is 11.9 Å². The highest BCUT2D eigenvalue weighted by Crippen LogP contribution is 2.40. The Morgan fingerprint density at radius 3 is 2.36 bits per heavy atom. The van der Waals surface area contributed by atoms with E-state index in [-0.39, 0.29) is 18.4 Å². The largest absolute Gasteiger partial charge is 0.465 e. The summed E-state index contributed by atoms with van der Waals surface area (Å²) in [7, 11) is 1.53. The predicted molar refractivity (Wildman–Crippen MR) is 105 cm³/mol. The Bertz CT molecular complexity index is 937. The number of nitriles is 1. The number of halogens is 1. The minimum absolute atomic E-state index is 0.189. The second-order valence-electron chi connectivity index (χ2n) is 7.18. The number of hydrogen-bond acceptors (Lipinski definition) is 3. The molecule has 0 spiro atoms. The van der Waals surface area contributed by atoms with Gasteiger partial charge < -0.3 is 14.9 Å². The normalized spacial score (nSPS) is 21.2. The zero-order chi connectivity index (χ0) is 20.5. The van der Waals surface area contributed by atoms with Crippen molar-refractivity contribution in [2.24, 2.45) is 0 Å². The van der Waals surface area contributed by atoms with Crippen molar-refractivity contribution in [3.63, 3.8) is 0 Å². The average Bonchev–Trinajstić information content (AvgIpc) is 3.06. The van der Waals surface area contributed by atoms with Crippen LogP contribution in [0.5, 0.6) is 0 Å². The Balaban J connectivity index is 1.94. The number of hydrogen-bond donors (Lipinski definition) is 1. The van der Waals surface area contributed by atoms with Crippen LogP contribution < -0.4 is 0 Å². The summed E-state index contributed by atoms with van der Waals surface area (Å²) in [5.41, 5.74) is 1.08. The molecule has 7 heteroatoms. The van der Waals surface area contributed by atoms with E-state index >= 15 is 0 Å². The lowest BCUT2D eigenvalue weighted by Gasteiger charge is -2.38. The van der Waals surface area contributed by atoms with Crippen molar-refractivity contribution < 1.29 is 14.7 Å². The zero-order valence-corrected chi connectivity index (χ0v) is 16.3. The molecule has 2 amide bonds. The van der Waals surface area contributed by atoms with Crippen LogP contribution in [0.15, 0.2) is 48.5 Å².